The molecule has 1 aliphatic carbocycles. The fraction of sp³-hybridized carbons (Fsp3) is 0.474. The first kappa shape index (κ1) is 14.4. The maximum Gasteiger partial charge on any atom is 0.119 e. The third-order valence-corrected chi connectivity index (χ3v) is 5.11. The van der Waals surface area contributed by atoms with Crippen LogP contribution in [0.5, 0.6) is 5.75 Å². The predicted octanol–water partition coefficient (Wildman–Crippen LogP) is 4.52. The van der Waals surface area contributed by atoms with Gasteiger partial charge in [0.25, 0.3) is 0 Å². The Labute approximate surface area is 127 Å². The first-order valence-corrected chi connectivity index (χ1v) is 8.02. The zero-order valence-corrected chi connectivity index (χ0v) is 13.1. The first-order valence-electron chi connectivity index (χ1n) is 8.02. The van der Waals surface area contributed by atoms with Crippen LogP contribution in [-0.4, -0.2) is 13.7 Å². The summed E-state index contributed by atoms with van der Waals surface area (Å²) >= 11 is 0. The molecule has 0 spiro atoms. The lowest BCUT2D eigenvalue weighted by Crippen LogP contribution is -2.39. The highest BCUT2D eigenvalue weighted by atomic mass is 16.5. The van der Waals surface area contributed by atoms with Gasteiger partial charge < -0.3 is 10.1 Å². The van der Waals surface area contributed by atoms with E-state index in [4.69, 9.17) is 4.74 Å². The highest BCUT2D eigenvalue weighted by molar-refractivity contribution is 5.84. The Hall–Kier alpha value is -1.54. The van der Waals surface area contributed by atoms with Crippen molar-refractivity contribution in [1.29, 1.82) is 0 Å². The maximum atomic E-state index is 5.27. The van der Waals surface area contributed by atoms with Crippen LogP contribution >= 0.6 is 0 Å². The largest absolute Gasteiger partial charge is 0.497 e. The Morgan fingerprint density at radius 3 is 2.52 bits per heavy atom. The van der Waals surface area contributed by atoms with Gasteiger partial charge in [0.1, 0.15) is 5.75 Å². The van der Waals surface area contributed by atoms with Gasteiger partial charge in [-0.2, -0.15) is 0 Å². The van der Waals surface area contributed by atoms with Crippen molar-refractivity contribution in [3.8, 4) is 5.75 Å². The molecule has 0 bridgehead atoms. The molecular weight excluding hydrogens is 258 g/mol. The SMILES string of the molecule is CCC1(CNCc2ccc3cc(OC)ccc3c2)CCC1. The van der Waals surface area contributed by atoms with Gasteiger partial charge in [0, 0.05) is 13.1 Å². The normalized spacial score (nSPS) is 16.7. The second-order valence-electron chi connectivity index (χ2n) is 6.36. The van der Waals surface area contributed by atoms with E-state index in [1.807, 2.05) is 6.07 Å². The van der Waals surface area contributed by atoms with E-state index in [1.54, 1.807) is 7.11 Å². The second-order valence-corrected chi connectivity index (χ2v) is 6.36. The Morgan fingerprint density at radius 1 is 1.10 bits per heavy atom. The second kappa shape index (κ2) is 6.07. The molecule has 3 rings (SSSR count). The molecule has 1 aliphatic rings. The molecule has 0 amide bonds. The van der Waals surface area contributed by atoms with Gasteiger partial charge in [-0.05, 0) is 59.2 Å². The van der Waals surface area contributed by atoms with Crippen LogP contribution in [0.4, 0.5) is 0 Å². The molecule has 1 N–H and O–H groups in total. The molecule has 0 aromatic heterocycles. The summed E-state index contributed by atoms with van der Waals surface area (Å²) < 4.78 is 5.27. The molecule has 1 saturated carbocycles. The Morgan fingerprint density at radius 2 is 1.86 bits per heavy atom. The summed E-state index contributed by atoms with van der Waals surface area (Å²) in [6.07, 6.45) is 5.51. The highest BCUT2D eigenvalue weighted by Gasteiger charge is 2.34. The van der Waals surface area contributed by atoms with Gasteiger partial charge in [0.05, 0.1) is 7.11 Å². The third kappa shape index (κ3) is 3.06. The molecule has 0 unspecified atom stereocenters. The molecule has 2 nitrogen and oxygen atoms in total. The number of methoxy groups -OCH3 is 1. The van der Waals surface area contributed by atoms with Crippen molar-refractivity contribution in [3.05, 3.63) is 42.0 Å². The van der Waals surface area contributed by atoms with Crippen LogP contribution in [0.25, 0.3) is 10.8 Å². The molecule has 0 saturated heterocycles. The van der Waals surface area contributed by atoms with Gasteiger partial charge in [-0.1, -0.05) is 31.5 Å². The van der Waals surface area contributed by atoms with Gasteiger partial charge in [-0.15, -0.1) is 0 Å². The number of benzene rings is 2. The van der Waals surface area contributed by atoms with E-state index in [2.05, 4.69) is 42.6 Å². The van der Waals surface area contributed by atoms with Crippen LogP contribution in [0.1, 0.15) is 38.2 Å². The summed E-state index contributed by atoms with van der Waals surface area (Å²) in [6, 6.07) is 12.9. The summed E-state index contributed by atoms with van der Waals surface area (Å²) in [6.45, 7) is 4.44. The van der Waals surface area contributed by atoms with Crippen molar-refractivity contribution in [2.24, 2.45) is 5.41 Å². The van der Waals surface area contributed by atoms with Crippen molar-refractivity contribution >= 4 is 10.8 Å². The average molecular weight is 283 g/mol. The predicted molar refractivity (Wildman–Crippen MR) is 88.8 cm³/mol. The van der Waals surface area contributed by atoms with Gasteiger partial charge >= 0.3 is 0 Å². The van der Waals surface area contributed by atoms with Crippen LogP contribution in [0.3, 0.4) is 0 Å². The molecule has 2 aromatic carbocycles. The Balaban J connectivity index is 1.64. The molecule has 21 heavy (non-hydrogen) atoms. The van der Waals surface area contributed by atoms with Gasteiger partial charge in [-0.3, -0.25) is 0 Å². The van der Waals surface area contributed by atoms with E-state index >= 15 is 0 Å². The number of hydrogen-bond acceptors (Lipinski definition) is 2. The Kier molecular flexibility index (Phi) is 4.16. The molecule has 2 aromatic rings. The van der Waals surface area contributed by atoms with Crippen molar-refractivity contribution in [2.75, 3.05) is 13.7 Å². The molecule has 0 heterocycles. The fourth-order valence-electron chi connectivity index (χ4n) is 3.31. The number of rotatable bonds is 6. The molecule has 112 valence electrons. The van der Waals surface area contributed by atoms with E-state index in [0.717, 1.165) is 18.8 Å². The van der Waals surface area contributed by atoms with Crippen LogP contribution < -0.4 is 10.1 Å². The third-order valence-electron chi connectivity index (χ3n) is 5.11. The topological polar surface area (TPSA) is 21.3 Å². The Bertz CT molecular complexity index is 610. The molecule has 0 radical (unpaired) electrons. The summed E-state index contributed by atoms with van der Waals surface area (Å²) in [5, 5.41) is 6.18. The van der Waals surface area contributed by atoms with Crippen LogP contribution in [0.2, 0.25) is 0 Å². The first-order chi connectivity index (χ1) is 10.2. The smallest absolute Gasteiger partial charge is 0.119 e. The number of fused-ring (bicyclic) bond motifs is 1. The standard InChI is InChI=1S/C19H25NO/c1-3-19(9-4-10-19)14-20-13-15-5-6-17-12-18(21-2)8-7-16(17)11-15/h5-8,11-12,20H,3-4,9-10,13-14H2,1-2H3. The molecule has 0 atom stereocenters. The van der Waals surface area contributed by atoms with Crippen molar-refractivity contribution in [1.82, 2.24) is 5.32 Å². The van der Waals surface area contributed by atoms with Crippen molar-refractivity contribution in [2.45, 2.75) is 39.2 Å². The minimum atomic E-state index is 0.588. The zero-order valence-electron chi connectivity index (χ0n) is 13.1. The van der Waals surface area contributed by atoms with E-state index in [1.165, 1.54) is 42.0 Å². The van der Waals surface area contributed by atoms with Gasteiger partial charge in [0.15, 0.2) is 0 Å². The van der Waals surface area contributed by atoms with E-state index in [-0.39, 0.29) is 0 Å². The molecule has 0 aliphatic heterocycles. The highest BCUT2D eigenvalue weighted by Crippen LogP contribution is 2.43. The number of nitrogens with one attached hydrogen (secondary N) is 1. The van der Waals surface area contributed by atoms with Crippen molar-refractivity contribution < 1.29 is 4.74 Å². The molecule has 2 heteroatoms. The lowest BCUT2D eigenvalue weighted by Gasteiger charge is -2.41. The van der Waals surface area contributed by atoms with Crippen LogP contribution in [0.15, 0.2) is 36.4 Å². The molecule has 1 fully saturated rings. The summed E-state index contributed by atoms with van der Waals surface area (Å²) in [4.78, 5) is 0. The van der Waals surface area contributed by atoms with Gasteiger partial charge in [0.2, 0.25) is 0 Å². The summed E-state index contributed by atoms with van der Waals surface area (Å²) in [5.41, 5.74) is 1.95. The number of ether oxygens (including phenoxy) is 1. The van der Waals surface area contributed by atoms with E-state index < -0.39 is 0 Å². The fourth-order valence-corrected chi connectivity index (χ4v) is 3.31. The quantitative estimate of drug-likeness (QED) is 0.841. The van der Waals surface area contributed by atoms with E-state index in [9.17, 15) is 0 Å². The lowest BCUT2D eigenvalue weighted by atomic mass is 9.67. The van der Waals surface area contributed by atoms with Crippen LogP contribution in [0, 0.1) is 5.41 Å². The van der Waals surface area contributed by atoms with E-state index in [0.29, 0.717) is 5.41 Å². The molecular formula is C19H25NO. The maximum absolute atomic E-state index is 5.27. The number of hydrogen-bond donors (Lipinski definition) is 1. The summed E-state index contributed by atoms with van der Waals surface area (Å²) in [5.74, 6) is 0.920. The van der Waals surface area contributed by atoms with Crippen LogP contribution in [-0.2, 0) is 6.54 Å². The summed E-state index contributed by atoms with van der Waals surface area (Å²) in [7, 11) is 1.71. The van der Waals surface area contributed by atoms with Crippen molar-refractivity contribution in [3.63, 3.8) is 0 Å². The lowest BCUT2D eigenvalue weighted by molar-refractivity contribution is 0.124. The monoisotopic (exact) mass is 283 g/mol. The minimum Gasteiger partial charge on any atom is -0.497 e. The van der Waals surface area contributed by atoms with Gasteiger partial charge in [-0.25, -0.2) is 0 Å². The average Bonchev–Trinajstić information content (AvgIpc) is 2.49. The zero-order chi connectivity index (χ0) is 14.7. The minimum absolute atomic E-state index is 0.588.